The molecular weight excluding hydrogens is 357 g/mol. The van der Waals surface area contributed by atoms with Crippen LogP contribution in [0.5, 0.6) is 0 Å². The van der Waals surface area contributed by atoms with E-state index in [1.54, 1.807) is 36.2 Å². The third-order valence-electron chi connectivity index (χ3n) is 3.45. The number of aromatic nitrogens is 2. The molecule has 0 bridgehead atoms. The number of likely N-dealkylation sites (N-methyl/N-ethyl adjacent to an activating group) is 1. The molecule has 0 saturated heterocycles. The highest BCUT2D eigenvalue weighted by atomic mass is 35.5. The number of esters is 1. The highest BCUT2D eigenvalue weighted by Gasteiger charge is 2.32. The van der Waals surface area contributed by atoms with Crippen molar-refractivity contribution in [3.05, 3.63) is 45.6 Å². The van der Waals surface area contributed by atoms with Crippen LogP contribution in [0.1, 0.15) is 17.2 Å². The number of carbonyl (C=O) groups excluding carboxylic acids is 1. The third kappa shape index (κ3) is 3.24. The van der Waals surface area contributed by atoms with E-state index in [1.165, 1.54) is 11.8 Å². The highest BCUT2D eigenvalue weighted by molar-refractivity contribution is 7.98. The van der Waals surface area contributed by atoms with Crippen molar-refractivity contribution in [3.63, 3.8) is 0 Å². The molecule has 0 spiro atoms. The Morgan fingerprint density at radius 2 is 1.96 bits per heavy atom. The van der Waals surface area contributed by atoms with Crippen LogP contribution in [0.2, 0.25) is 10.2 Å². The summed E-state index contributed by atoms with van der Waals surface area (Å²) in [5.74, 6) is 0.243. The van der Waals surface area contributed by atoms with Gasteiger partial charge in [-0.15, -0.1) is 0 Å². The average Bonchev–Trinajstić information content (AvgIpc) is 2.65. The fourth-order valence-electron chi connectivity index (χ4n) is 2.39. The summed E-state index contributed by atoms with van der Waals surface area (Å²) in [6.45, 7) is 0.0955. The Hall–Kier alpha value is -1.50. The number of hydrogen-bond donors (Lipinski definition) is 0. The lowest BCUT2D eigenvalue weighted by molar-refractivity contribution is -0.145. The monoisotopic (exact) mass is 369 g/mol. The molecule has 0 amide bonds. The van der Waals surface area contributed by atoms with Gasteiger partial charge in [-0.2, -0.15) is 0 Å². The lowest BCUT2D eigenvalue weighted by Gasteiger charge is -2.20. The zero-order chi connectivity index (χ0) is 16.6. The van der Waals surface area contributed by atoms with Crippen molar-refractivity contribution in [3.8, 4) is 0 Å². The fraction of sp³-hybridized carbons (Fsp3) is 0.267. The number of thioether (sulfide) groups is 1. The Morgan fingerprint density at radius 3 is 2.61 bits per heavy atom. The van der Waals surface area contributed by atoms with Gasteiger partial charge in [0.25, 0.3) is 0 Å². The van der Waals surface area contributed by atoms with Gasteiger partial charge in [-0.3, -0.25) is 4.79 Å². The van der Waals surface area contributed by atoms with Gasteiger partial charge >= 0.3 is 5.97 Å². The van der Waals surface area contributed by atoms with Gasteiger partial charge in [0.05, 0.1) is 5.56 Å². The topological polar surface area (TPSA) is 55.3 Å². The molecule has 1 aromatic heterocycles. The Balaban J connectivity index is 2.19. The first kappa shape index (κ1) is 16.4. The summed E-state index contributed by atoms with van der Waals surface area (Å²) in [6, 6.07) is 7.08. The summed E-state index contributed by atoms with van der Waals surface area (Å²) in [6.07, 6.45) is 1.20. The summed E-state index contributed by atoms with van der Waals surface area (Å²) < 4.78 is 5.59. The number of benzene rings is 1. The molecule has 0 radical (unpaired) electrons. The molecule has 0 N–H and O–H groups in total. The Morgan fingerprint density at radius 1 is 1.26 bits per heavy atom. The Kier molecular flexibility index (Phi) is 4.66. The van der Waals surface area contributed by atoms with E-state index in [2.05, 4.69) is 9.97 Å². The van der Waals surface area contributed by atoms with Crippen LogP contribution in [0.25, 0.3) is 0 Å². The number of hydrogen-bond acceptors (Lipinski definition) is 6. The smallest absolute Gasteiger partial charge is 0.326 e. The second-order valence-corrected chi connectivity index (χ2v) is 6.58. The van der Waals surface area contributed by atoms with Crippen LogP contribution in [0.3, 0.4) is 0 Å². The minimum absolute atomic E-state index is 0.0955. The molecule has 1 atom stereocenters. The van der Waals surface area contributed by atoms with Crippen molar-refractivity contribution < 1.29 is 9.53 Å². The molecule has 8 heteroatoms. The summed E-state index contributed by atoms with van der Waals surface area (Å²) >= 11 is 13.7. The predicted octanol–water partition coefficient (Wildman–Crippen LogP) is 3.59. The van der Waals surface area contributed by atoms with Gasteiger partial charge in [-0.1, -0.05) is 47.1 Å². The van der Waals surface area contributed by atoms with Gasteiger partial charge in [0.2, 0.25) is 0 Å². The van der Waals surface area contributed by atoms with Gasteiger partial charge in [-0.05, 0) is 24.0 Å². The summed E-state index contributed by atoms with van der Waals surface area (Å²) in [5, 5.41) is 1.43. The SMILES string of the molecule is CSc1nc(Cl)c2c(n1)N(C)CC(=O)OC2c1ccc(Cl)cc1. The molecule has 1 unspecified atom stereocenters. The van der Waals surface area contributed by atoms with Crippen molar-refractivity contribution in [2.45, 2.75) is 11.3 Å². The van der Waals surface area contributed by atoms with Crippen LogP contribution in [-0.4, -0.2) is 35.8 Å². The first-order valence-corrected chi connectivity index (χ1v) is 8.75. The normalized spacial score (nSPS) is 17.5. The van der Waals surface area contributed by atoms with E-state index < -0.39 is 6.10 Å². The molecule has 0 aliphatic carbocycles. The molecule has 0 fully saturated rings. The van der Waals surface area contributed by atoms with Crippen LogP contribution >= 0.6 is 35.0 Å². The van der Waals surface area contributed by atoms with Gasteiger partial charge in [0.15, 0.2) is 11.3 Å². The van der Waals surface area contributed by atoms with Crippen LogP contribution < -0.4 is 4.90 Å². The van der Waals surface area contributed by atoms with E-state index in [4.69, 9.17) is 27.9 Å². The number of anilines is 1. The van der Waals surface area contributed by atoms with Gasteiger partial charge in [-0.25, -0.2) is 9.97 Å². The quantitative estimate of drug-likeness (QED) is 0.349. The first-order chi connectivity index (χ1) is 11.0. The Bertz CT molecular complexity index is 755. The van der Waals surface area contributed by atoms with E-state index >= 15 is 0 Å². The molecule has 2 heterocycles. The zero-order valence-corrected chi connectivity index (χ0v) is 14.7. The summed E-state index contributed by atoms with van der Waals surface area (Å²) in [5.41, 5.74) is 1.35. The molecule has 120 valence electrons. The molecule has 3 rings (SSSR count). The number of halogens is 2. The van der Waals surface area contributed by atoms with Crippen LogP contribution in [0.4, 0.5) is 5.82 Å². The van der Waals surface area contributed by atoms with Crippen LogP contribution in [0.15, 0.2) is 29.4 Å². The van der Waals surface area contributed by atoms with Crippen molar-refractivity contribution in [1.29, 1.82) is 0 Å². The summed E-state index contributed by atoms with van der Waals surface area (Å²) in [7, 11) is 1.78. The zero-order valence-electron chi connectivity index (χ0n) is 12.4. The standard InChI is InChI=1S/C15H13Cl2N3O2S/c1-20-7-10(21)22-12(8-3-5-9(16)6-4-8)11-13(17)18-15(23-2)19-14(11)20/h3-6,12H,7H2,1-2H3. The largest absolute Gasteiger partial charge is 0.451 e. The minimum Gasteiger partial charge on any atom is -0.451 e. The molecule has 1 aliphatic heterocycles. The van der Waals surface area contributed by atoms with E-state index in [9.17, 15) is 4.79 Å². The molecule has 1 aliphatic rings. The Labute approximate surface area is 148 Å². The second kappa shape index (κ2) is 6.55. The maximum absolute atomic E-state index is 12.1. The molecule has 0 saturated carbocycles. The van der Waals surface area contributed by atoms with Crippen LogP contribution in [0, 0.1) is 0 Å². The molecule has 2 aromatic rings. The van der Waals surface area contributed by atoms with Crippen molar-refractivity contribution >= 4 is 46.8 Å². The van der Waals surface area contributed by atoms with E-state index in [-0.39, 0.29) is 17.7 Å². The molecule has 23 heavy (non-hydrogen) atoms. The molecule has 5 nitrogen and oxygen atoms in total. The van der Waals surface area contributed by atoms with Crippen LogP contribution in [-0.2, 0) is 9.53 Å². The number of rotatable bonds is 2. The average molecular weight is 370 g/mol. The maximum atomic E-state index is 12.1. The van der Waals surface area contributed by atoms with Crippen molar-refractivity contribution in [2.24, 2.45) is 0 Å². The minimum atomic E-state index is -0.664. The molecule has 1 aromatic carbocycles. The number of ether oxygens (including phenoxy) is 1. The highest BCUT2D eigenvalue weighted by Crippen LogP contribution is 2.39. The van der Waals surface area contributed by atoms with Gasteiger partial charge in [0, 0.05) is 12.1 Å². The predicted molar refractivity (Wildman–Crippen MR) is 91.5 cm³/mol. The second-order valence-electron chi connectivity index (χ2n) is 5.02. The number of nitrogens with zero attached hydrogens (tertiary/aromatic N) is 3. The van der Waals surface area contributed by atoms with E-state index in [1.807, 2.05) is 6.26 Å². The van der Waals surface area contributed by atoms with Gasteiger partial charge in [0.1, 0.15) is 17.5 Å². The first-order valence-electron chi connectivity index (χ1n) is 6.77. The molecular formula is C15H13Cl2N3O2S. The van der Waals surface area contributed by atoms with Gasteiger partial charge < -0.3 is 9.64 Å². The van der Waals surface area contributed by atoms with E-state index in [0.717, 1.165) is 5.56 Å². The lowest BCUT2D eigenvalue weighted by Crippen LogP contribution is -2.25. The lowest BCUT2D eigenvalue weighted by atomic mass is 10.0. The number of fused-ring (bicyclic) bond motifs is 1. The van der Waals surface area contributed by atoms with Crippen molar-refractivity contribution in [1.82, 2.24) is 9.97 Å². The van der Waals surface area contributed by atoms with Crippen molar-refractivity contribution in [2.75, 3.05) is 24.7 Å². The fourth-order valence-corrected chi connectivity index (χ4v) is 3.19. The third-order valence-corrected chi connectivity index (χ3v) is 4.54. The van der Waals surface area contributed by atoms with E-state index in [0.29, 0.717) is 21.6 Å². The maximum Gasteiger partial charge on any atom is 0.326 e. The number of carbonyl (C=O) groups is 1. The number of cyclic esters (lactones) is 1. The summed E-state index contributed by atoms with van der Waals surface area (Å²) in [4.78, 5) is 22.6.